The van der Waals surface area contributed by atoms with Gasteiger partial charge in [-0.15, -0.1) is 23.7 Å². The standard InChI is InChI=1S/C11H14N2OS/c1-3-5-9(12)11(14)13-8(2)10-6-4-7-15-10/h1,4,6-9H,5,12H2,2H3,(H,13,14)/t8-,9?/m1/s1. The highest BCUT2D eigenvalue weighted by Crippen LogP contribution is 2.17. The number of carbonyl (C=O) groups is 1. The fraction of sp³-hybridized carbons (Fsp3) is 0.364. The van der Waals surface area contributed by atoms with Crippen molar-refractivity contribution >= 4 is 17.2 Å². The lowest BCUT2D eigenvalue weighted by Gasteiger charge is -2.15. The second-order valence-electron chi connectivity index (χ2n) is 3.26. The van der Waals surface area contributed by atoms with Crippen molar-refractivity contribution in [2.75, 3.05) is 0 Å². The van der Waals surface area contributed by atoms with E-state index in [2.05, 4.69) is 11.2 Å². The largest absolute Gasteiger partial charge is 0.347 e. The molecule has 3 N–H and O–H groups in total. The highest BCUT2D eigenvalue weighted by Gasteiger charge is 2.15. The van der Waals surface area contributed by atoms with Crippen molar-refractivity contribution in [2.24, 2.45) is 5.73 Å². The van der Waals surface area contributed by atoms with Crippen LogP contribution in [0.5, 0.6) is 0 Å². The highest BCUT2D eigenvalue weighted by atomic mass is 32.1. The van der Waals surface area contributed by atoms with Gasteiger partial charge in [0.2, 0.25) is 5.91 Å². The molecule has 0 fully saturated rings. The predicted octanol–water partition coefficient (Wildman–Crippen LogP) is 1.28. The smallest absolute Gasteiger partial charge is 0.238 e. The molecule has 0 aliphatic rings. The number of terminal acetylenes is 1. The minimum absolute atomic E-state index is 0.0127. The van der Waals surface area contributed by atoms with Crippen LogP contribution in [0.2, 0.25) is 0 Å². The van der Waals surface area contributed by atoms with Gasteiger partial charge in [-0.3, -0.25) is 4.79 Å². The molecule has 1 aromatic heterocycles. The summed E-state index contributed by atoms with van der Waals surface area (Å²) in [7, 11) is 0. The Kier molecular flexibility index (Phi) is 4.35. The van der Waals surface area contributed by atoms with Gasteiger partial charge in [0, 0.05) is 11.3 Å². The van der Waals surface area contributed by atoms with Gasteiger partial charge in [-0.25, -0.2) is 0 Å². The van der Waals surface area contributed by atoms with E-state index in [0.717, 1.165) is 4.88 Å². The summed E-state index contributed by atoms with van der Waals surface area (Å²) in [4.78, 5) is 12.6. The van der Waals surface area contributed by atoms with Crippen molar-refractivity contribution in [2.45, 2.75) is 25.4 Å². The molecule has 4 heteroatoms. The first-order chi connectivity index (χ1) is 7.15. The fourth-order valence-corrected chi connectivity index (χ4v) is 1.88. The van der Waals surface area contributed by atoms with Gasteiger partial charge < -0.3 is 11.1 Å². The molecule has 0 aliphatic heterocycles. The van der Waals surface area contributed by atoms with Crippen LogP contribution in [0.15, 0.2) is 17.5 Å². The van der Waals surface area contributed by atoms with E-state index < -0.39 is 6.04 Å². The quantitative estimate of drug-likeness (QED) is 0.754. The fourth-order valence-electron chi connectivity index (χ4n) is 1.15. The number of rotatable bonds is 4. The van der Waals surface area contributed by atoms with Crippen LogP contribution in [0.3, 0.4) is 0 Å². The number of hydrogen-bond acceptors (Lipinski definition) is 3. The first-order valence-corrected chi connectivity index (χ1v) is 5.56. The molecule has 15 heavy (non-hydrogen) atoms. The minimum atomic E-state index is -0.614. The van der Waals surface area contributed by atoms with Crippen molar-refractivity contribution in [3.8, 4) is 12.3 Å². The average Bonchev–Trinajstić information content (AvgIpc) is 2.70. The molecular weight excluding hydrogens is 208 g/mol. The van der Waals surface area contributed by atoms with Crippen LogP contribution in [0.1, 0.15) is 24.3 Å². The van der Waals surface area contributed by atoms with E-state index in [4.69, 9.17) is 12.2 Å². The lowest BCUT2D eigenvalue weighted by Crippen LogP contribution is -2.41. The van der Waals surface area contributed by atoms with E-state index in [9.17, 15) is 4.79 Å². The Balaban J connectivity index is 2.49. The van der Waals surface area contributed by atoms with Crippen LogP contribution >= 0.6 is 11.3 Å². The molecule has 1 heterocycles. The lowest BCUT2D eigenvalue weighted by atomic mass is 10.2. The average molecular weight is 222 g/mol. The zero-order valence-corrected chi connectivity index (χ0v) is 9.38. The van der Waals surface area contributed by atoms with Crippen molar-refractivity contribution < 1.29 is 4.79 Å². The summed E-state index contributed by atoms with van der Waals surface area (Å²) in [5, 5.41) is 4.79. The Morgan fingerprint density at radius 1 is 1.80 bits per heavy atom. The van der Waals surface area contributed by atoms with Gasteiger partial charge in [0.15, 0.2) is 0 Å². The highest BCUT2D eigenvalue weighted by molar-refractivity contribution is 7.10. The van der Waals surface area contributed by atoms with Crippen LogP contribution in [0.25, 0.3) is 0 Å². The molecule has 2 atom stereocenters. The van der Waals surface area contributed by atoms with Crippen LogP contribution in [-0.4, -0.2) is 11.9 Å². The monoisotopic (exact) mass is 222 g/mol. The summed E-state index contributed by atoms with van der Waals surface area (Å²) in [6, 6.07) is 3.30. The van der Waals surface area contributed by atoms with Gasteiger partial charge in [0.1, 0.15) is 0 Å². The maximum Gasteiger partial charge on any atom is 0.238 e. The summed E-state index contributed by atoms with van der Waals surface area (Å²) in [5.74, 6) is 2.17. The van der Waals surface area contributed by atoms with Gasteiger partial charge in [0.25, 0.3) is 0 Å². The van der Waals surface area contributed by atoms with Gasteiger partial charge in [-0.2, -0.15) is 0 Å². The number of nitrogens with two attached hydrogens (primary N) is 1. The van der Waals surface area contributed by atoms with Crippen molar-refractivity contribution in [1.82, 2.24) is 5.32 Å². The molecule has 1 rings (SSSR count). The Morgan fingerprint density at radius 2 is 2.53 bits per heavy atom. The van der Waals surface area contributed by atoms with Crippen LogP contribution in [-0.2, 0) is 4.79 Å². The third kappa shape index (κ3) is 3.39. The normalized spacial score (nSPS) is 13.9. The SMILES string of the molecule is C#CCC(N)C(=O)N[C@H](C)c1cccs1. The van der Waals surface area contributed by atoms with E-state index >= 15 is 0 Å². The van der Waals surface area contributed by atoms with Gasteiger partial charge in [-0.1, -0.05) is 6.07 Å². The Bertz CT molecular complexity index is 353. The molecule has 3 nitrogen and oxygen atoms in total. The maximum atomic E-state index is 11.5. The number of amides is 1. The summed E-state index contributed by atoms with van der Waals surface area (Å²) >= 11 is 1.60. The molecule has 0 saturated carbocycles. The topological polar surface area (TPSA) is 55.1 Å². The predicted molar refractivity (Wildman–Crippen MR) is 62.3 cm³/mol. The molecule has 80 valence electrons. The van der Waals surface area contributed by atoms with Gasteiger partial charge in [-0.05, 0) is 18.4 Å². The zero-order chi connectivity index (χ0) is 11.3. The third-order valence-corrected chi connectivity index (χ3v) is 3.06. The molecule has 0 saturated heterocycles. The van der Waals surface area contributed by atoms with E-state index in [1.54, 1.807) is 11.3 Å². The Labute approximate surface area is 93.7 Å². The molecule has 1 amide bonds. The van der Waals surface area contributed by atoms with E-state index in [1.165, 1.54) is 0 Å². The molecule has 1 aromatic rings. The van der Waals surface area contributed by atoms with E-state index in [0.29, 0.717) is 0 Å². The molecule has 0 bridgehead atoms. The molecule has 0 aliphatic carbocycles. The first kappa shape index (κ1) is 11.8. The van der Waals surface area contributed by atoms with Crippen LogP contribution < -0.4 is 11.1 Å². The van der Waals surface area contributed by atoms with Gasteiger partial charge >= 0.3 is 0 Å². The van der Waals surface area contributed by atoms with E-state index in [-0.39, 0.29) is 18.4 Å². The van der Waals surface area contributed by atoms with Crippen molar-refractivity contribution in [3.63, 3.8) is 0 Å². The number of hydrogen-bond donors (Lipinski definition) is 2. The Hall–Kier alpha value is -1.31. The molecule has 0 aromatic carbocycles. The van der Waals surface area contributed by atoms with Crippen LogP contribution in [0.4, 0.5) is 0 Å². The first-order valence-electron chi connectivity index (χ1n) is 4.68. The number of carbonyl (C=O) groups excluding carboxylic acids is 1. The van der Waals surface area contributed by atoms with Crippen molar-refractivity contribution in [1.29, 1.82) is 0 Å². The van der Waals surface area contributed by atoms with Crippen LogP contribution in [0, 0.1) is 12.3 Å². The summed E-state index contributed by atoms with van der Waals surface area (Å²) in [6.45, 7) is 1.92. The molecule has 0 radical (unpaired) electrons. The Morgan fingerprint density at radius 3 is 3.07 bits per heavy atom. The van der Waals surface area contributed by atoms with Crippen molar-refractivity contribution in [3.05, 3.63) is 22.4 Å². The second kappa shape index (κ2) is 5.54. The molecule has 1 unspecified atom stereocenters. The zero-order valence-electron chi connectivity index (χ0n) is 8.57. The maximum absolute atomic E-state index is 11.5. The molecular formula is C11H14N2OS. The second-order valence-corrected chi connectivity index (χ2v) is 4.24. The third-order valence-electron chi connectivity index (χ3n) is 2.00. The lowest BCUT2D eigenvalue weighted by molar-refractivity contribution is -0.122. The van der Waals surface area contributed by atoms with E-state index in [1.807, 2.05) is 24.4 Å². The van der Waals surface area contributed by atoms with Gasteiger partial charge in [0.05, 0.1) is 12.1 Å². The molecule has 0 spiro atoms. The number of thiophene rings is 1. The minimum Gasteiger partial charge on any atom is -0.347 e. The summed E-state index contributed by atoms with van der Waals surface area (Å²) in [6.07, 6.45) is 5.35. The summed E-state index contributed by atoms with van der Waals surface area (Å²) in [5.41, 5.74) is 5.58. The number of nitrogens with one attached hydrogen (secondary N) is 1. The summed E-state index contributed by atoms with van der Waals surface area (Å²) < 4.78 is 0.